The molecule has 1 aromatic heterocycles. The van der Waals surface area contributed by atoms with Crippen molar-refractivity contribution in [3.8, 4) is 23.4 Å². The van der Waals surface area contributed by atoms with E-state index in [2.05, 4.69) is 10.2 Å². The summed E-state index contributed by atoms with van der Waals surface area (Å²) in [6, 6.07) is 12.7. The van der Waals surface area contributed by atoms with E-state index in [1.165, 1.54) is 0 Å². The summed E-state index contributed by atoms with van der Waals surface area (Å²) in [7, 11) is 0. The number of aromatic nitrogens is 2. The standard InChI is InChI=1S/C11H6N4/c12-6-8-1-3-9(4-2-8)11-5-10(7-13)14-15-11/h1-5H,(H,14,15). The molecule has 0 aliphatic carbocycles. The molecule has 0 saturated carbocycles. The van der Waals surface area contributed by atoms with Crippen molar-refractivity contribution in [2.24, 2.45) is 0 Å². The third-order valence-corrected chi connectivity index (χ3v) is 2.02. The summed E-state index contributed by atoms with van der Waals surface area (Å²) in [6.45, 7) is 0. The Morgan fingerprint density at radius 2 is 1.80 bits per heavy atom. The van der Waals surface area contributed by atoms with Gasteiger partial charge in [-0.3, -0.25) is 5.10 Å². The zero-order chi connectivity index (χ0) is 10.7. The van der Waals surface area contributed by atoms with Crippen LogP contribution in [-0.2, 0) is 0 Å². The molecule has 1 aromatic carbocycles. The highest BCUT2D eigenvalue weighted by atomic mass is 15.1. The van der Waals surface area contributed by atoms with Crippen LogP contribution < -0.4 is 0 Å². The lowest BCUT2D eigenvalue weighted by atomic mass is 10.1. The van der Waals surface area contributed by atoms with Crippen molar-refractivity contribution < 1.29 is 0 Å². The number of aromatic amines is 1. The third kappa shape index (κ3) is 1.70. The first kappa shape index (κ1) is 8.98. The first-order chi connectivity index (χ1) is 7.33. The number of nitrogens with zero attached hydrogens (tertiary/aromatic N) is 3. The van der Waals surface area contributed by atoms with Gasteiger partial charge in [0, 0.05) is 6.07 Å². The molecule has 1 N–H and O–H groups in total. The molecule has 15 heavy (non-hydrogen) atoms. The maximum atomic E-state index is 8.63. The molecule has 0 aliphatic heterocycles. The monoisotopic (exact) mass is 194 g/mol. The lowest BCUT2D eigenvalue weighted by Crippen LogP contribution is -1.78. The maximum Gasteiger partial charge on any atom is 0.162 e. The van der Waals surface area contributed by atoms with Gasteiger partial charge < -0.3 is 0 Å². The zero-order valence-corrected chi connectivity index (χ0v) is 7.73. The second kappa shape index (κ2) is 3.65. The summed E-state index contributed by atoms with van der Waals surface area (Å²) in [5, 5.41) is 23.8. The molecular formula is C11H6N4. The summed E-state index contributed by atoms with van der Waals surface area (Å²) >= 11 is 0. The quantitative estimate of drug-likeness (QED) is 0.752. The second-order valence-corrected chi connectivity index (χ2v) is 2.97. The van der Waals surface area contributed by atoms with E-state index >= 15 is 0 Å². The largest absolute Gasteiger partial charge is 0.277 e. The molecule has 2 rings (SSSR count). The maximum absolute atomic E-state index is 8.63. The average Bonchev–Trinajstić information content (AvgIpc) is 2.78. The van der Waals surface area contributed by atoms with E-state index < -0.39 is 0 Å². The van der Waals surface area contributed by atoms with Gasteiger partial charge in [-0.1, -0.05) is 12.1 Å². The molecule has 0 fully saturated rings. The van der Waals surface area contributed by atoms with Gasteiger partial charge in [0.15, 0.2) is 5.69 Å². The van der Waals surface area contributed by atoms with Crippen molar-refractivity contribution in [2.75, 3.05) is 0 Å². The smallest absolute Gasteiger partial charge is 0.162 e. The average molecular weight is 194 g/mol. The summed E-state index contributed by atoms with van der Waals surface area (Å²) in [6.07, 6.45) is 0. The van der Waals surface area contributed by atoms with E-state index in [4.69, 9.17) is 10.5 Å². The normalized spacial score (nSPS) is 9.20. The summed E-state index contributed by atoms with van der Waals surface area (Å²) in [5.41, 5.74) is 2.65. The fraction of sp³-hybridized carbons (Fsp3) is 0. The van der Waals surface area contributed by atoms with Crippen molar-refractivity contribution in [1.82, 2.24) is 10.2 Å². The Labute approximate surface area is 86.4 Å². The molecule has 4 heteroatoms. The van der Waals surface area contributed by atoms with Crippen LogP contribution in [0.15, 0.2) is 30.3 Å². The van der Waals surface area contributed by atoms with Crippen LogP contribution in [0.1, 0.15) is 11.3 Å². The number of rotatable bonds is 1. The lowest BCUT2D eigenvalue weighted by Gasteiger charge is -1.95. The van der Waals surface area contributed by atoms with Crippen LogP contribution in [0, 0.1) is 22.7 Å². The van der Waals surface area contributed by atoms with Crippen LogP contribution in [0.2, 0.25) is 0 Å². The molecule has 2 aromatic rings. The predicted octanol–water partition coefficient (Wildman–Crippen LogP) is 1.82. The third-order valence-electron chi connectivity index (χ3n) is 2.02. The Morgan fingerprint density at radius 1 is 1.07 bits per heavy atom. The number of hydrogen-bond donors (Lipinski definition) is 1. The number of H-pyrrole nitrogens is 1. The summed E-state index contributed by atoms with van der Waals surface area (Å²) in [5.74, 6) is 0. The Kier molecular flexibility index (Phi) is 2.19. The van der Waals surface area contributed by atoms with E-state index in [-0.39, 0.29) is 0 Å². The summed E-state index contributed by atoms with van der Waals surface area (Å²) in [4.78, 5) is 0. The van der Waals surface area contributed by atoms with Crippen molar-refractivity contribution in [2.45, 2.75) is 0 Å². The highest BCUT2D eigenvalue weighted by Gasteiger charge is 2.02. The minimum Gasteiger partial charge on any atom is -0.277 e. The molecule has 0 aliphatic rings. The molecule has 0 amide bonds. The molecule has 0 saturated heterocycles. The number of nitrogens with one attached hydrogen (secondary N) is 1. The molecule has 0 radical (unpaired) electrons. The van der Waals surface area contributed by atoms with Gasteiger partial charge in [-0.05, 0) is 17.7 Å². The van der Waals surface area contributed by atoms with Crippen molar-refractivity contribution >= 4 is 0 Å². The molecule has 0 atom stereocenters. The second-order valence-electron chi connectivity index (χ2n) is 2.97. The highest BCUT2D eigenvalue weighted by molar-refractivity contribution is 5.61. The van der Waals surface area contributed by atoms with Gasteiger partial charge in [-0.25, -0.2) is 0 Å². The minimum absolute atomic E-state index is 0.356. The first-order valence-electron chi connectivity index (χ1n) is 4.29. The molecule has 0 bridgehead atoms. The fourth-order valence-corrected chi connectivity index (χ4v) is 1.25. The SMILES string of the molecule is N#Cc1ccc(-c2cc(C#N)n[nH]2)cc1. The van der Waals surface area contributed by atoms with E-state index in [0.717, 1.165) is 11.3 Å². The van der Waals surface area contributed by atoms with E-state index in [9.17, 15) is 0 Å². The number of hydrogen-bond acceptors (Lipinski definition) is 3. The number of nitriles is 2. The van der Waals surface area contributed by atoms with Gasteiger partial charge in [-0.2, -0.15) is 15.6 Å². The highest BCUT2D eigenvalue weighted by Crippen LogP contribution is 2.17. The van der Waals surface area contributed by atoms with Gasteiger partial charge in [0.2, 0.25) is 0 Å². The zero-order valence-electron chi connectivity index (χ0n) is 7.73. The van der Waals surface area contributed by atoms with Crippen LogP contribution in [-0.4, -0.2) is 10.2 Å². The van der Waals surface area contributed by atoms with Crippen LogP contribution in [0.4, 0.5) is 0 Å². The summed E-state index contributed by atoms with van der Waals surface area (Å²) < 4.78 is 0. The van der Waals surface area contributed by atoms with E-state index in [1.807, 2.05) is 24.3 Å². The molecular weight excluding hydrogens is 188 g/mol. The first-order valence-corrected chi connectivity index (χ1v) is 4.29. The lowest BCUT2D eigenvalue weighted by molar-refractivity contribution is 1.08. The number of benzene rings is 1. The molecule has 70 valence electrons. The van der Waals surface area contributed by atoms with Gasteiger partial charge in [0.1, 0.15) is 6.07 Å². The van der Waals surface area contributed by atoms with Crippen molar-refractivity contribution in [1.29, 1.82) is 10.5 Å². The molecule has 4 nitrogen and oxygen atoms in total. The van der Waals surface area contributed by atoms with E-state index in [1.54, 1.807) is 18.2 Å². The molecule has 1 heterocycles. The van der Waals surface area contributed by atoms with Crippen LogP contribution in [0.25, 0.3) is 11.3 Å². The topological polar surface area (TPSA) is 76.3 Å². The Bertz CT molecular complexity index is 552. The Morgan fingerprint density at radius 3 is 2.33 bits per heavy atom. The van der Waals surface area contributed by atoms with Gasteiger partial charge in [0.05, 0.1) is 17.3 Å². The van der Waals surface area contributed by atoms with Crippen LogP contribution in [0.3, 0.4) is 0 Å². The fourth-order valence-electron chi connectivity index (χ4n) is 1.25. The van der Waals surface area contributed by atoms with E-state index in [0.29, 0.717) is 11.3 Å². The van der Waals surface area contributed by atoms with Gasteiger partial charge in [0.25, 0.3) is 0 Å². The Hall–Kier alpha value is -2.59. The van der Waals surface area contributed by atoms with Crippen molar-refractivity contribution in [3.05, 3.63) is 41.6 Å². The minimum atomic E-state index is 0.356. The van der Waals surface area contributed by atoms with Crippen molar-refractivity contribution in [3.63, 3.8) is 0 Å². The van der Waals surface area contributed by atoms with Crippen LogP contribution in [0.5, 0.6) is 0 Å². The Balaban J connectivity index is 2.39. The van der Waals surface area contributed by atoms with Gasteiger partial charge in [-0.15, -0.1) is 0 Å². The molecule has 0 unspecified atom stereocenters. The van der Waals surface area contributed by atoms with Gasteiger partial charge >= 0.3 is 0 Å². The van der Waals surface area contributed by atoms with Crippen LogP contribution >= 0.6 is 0 Å². The molecule has 0 spiro atoms. The predicted molar refractivity (Wildman–Crippen MR) is 53.5 cm³/mol.